The van der Waals surface area contributed by atoms with Gasteiger partial charge in [-0.15, -0.1) is 0 Å². The van der Waals surface area contributed by atoms with E-state index in [1.54, 1.807) is 54.6 Å². The van der Waals surface area contributed by atoms with Crippen molar-refractivity contribution in [3.05, 3.63) is 108 Å². The topological polar surface area (TPSA) is 136 Å². The maximum absolute atomic E-state index is 13.6. The second kappa shape index (κ2) is 14.6. The summed E-state index contributed by atoms with van der Waals surface area (Å²) in [4.78, 5) is 25.0. The van der Waals surface area contributed by atoms with Gasteiger partial charge >= 0.3 is 0 Å². The van der Waals surface area contributed by atoms with Crippen molar-refractivity contribution in [3.63, 3.8) is 0 Å². The number of hydrazone groups is 1. The van der Waals surface area contributed by atoms with Crippen LogP contribution < -0.4 is 29.3 Å². The van der Waals surface area contributed by atoms with Crippen LogP contribution in [0.25, 0.3) is 0 Å². The number of halogens is 1. The molecule has 0 atom stereocenters. The fourth-order valence-electron chi connectivity index (χ4n) is 3.88. The van der Waals surface area contributed by atoms with Gasteiger partial charge in [0.15, 0.2) is 6.61 Å². The highest BCUT2D eigenvalue weighted by Crippen LogP contribution is 2.35. The number of rotatable bonds is 13. The molecule has 0 heterocycles. The molecule has 4 rings (SSSR count). The molecule has 2 N–H and O–H groups in total. The first kappa shape index (κ1) is 31.5. The van der Waals surface area contributed by atoms with Gasteiger partial charge in [-0.05, 0) is 78.4 Å². The van der Waals surface area contributed by atoms with Crippen LogP contribution in [0, 0.1) is 5.82 Å². The van der Waals surface area contributed by atoms with Crippen LogP contribution in [0.4, 0.5) is 15.8 Å². The van der Waals surface area contributed by atoms with Crippen molar-refractivity contribution < 1.29 is 36.6 Å². The first-order valence-corrected chi connectivity index (χ1v) is 14.5. The molecule has 0 aromatic heterocycles. The number of carbonyl (C=O) groups excluding carboxylic acids is 2. The lowest BCUT2D eigenvalue weighted by Crippen LogP contribution is -2.39. The number of benzene rings is 4. The number of hydrogen-bond donors (Lipinski definition) is 2. The van der Waals surface area contributed by atoms with E-state index < -0.39 is 34.2 Å². The minimum absolute atomic E-state index is 0.0172. The second-order valence-electron chi connectivity index (χ2n) is 9.07. The predicted molar refractivity (Wildman–Crippen MR) is 163 cm³/mol. The summed E-state index contributed by atoms with van der Waals surface area (Å²) in [7, 11) is -1.36. The summed E-state index contributed by atoms with van der Waals surface area (Å²) < 4.78 is 57.3. The Morgan fingerprint density at radius 1 is 0.864 bits per heavy atom. The number of nitrogens with zero attached hydrogens (tertiary/aromatic N) is 2. The molecule has 0 aliphatic carbocycles. The van der Waals surface area contributed by atoms with Gasteiger partial charge in [0.1, 0.15) is 29.6 Å². The van der Waals surface area contributed by atoms with Crippen molar-refractivity contribution >= 4 is 39.4 Å². The van der Waals surface area contributed by atoms with Crippen molar-refractivity contribution in [1.29, 1.82) is 0 Å². The smallest absolute Gasteiger partial charge is 0.264 e. The first-order valence-electron chi connectivity index (χ1n) is 13.1. The van der Waals surface area contributed by atoms with E-state index in [9.17, 15) is 22.4 Å². The van der Waals surface area contributed by atoms with E-state index in [-0.39, 0.29) is 22.9 Å². The molecule has 0 aliphatic heterocycles. The number of sulfonamides is 1. The molecular formula is C31H29FN4O7S. The number of methoxy groups -OCH3 is 2. The summed E-state index contributed by atoms with van der Waals surface area (Å²) in [5.74, 6) is -0.536. The van der Waals surface area contributed by atoms with Crippen LogP contribution in [0.5, 0.6) is 17.2 Å². The van der Waals surface area contributed by atoms with E-state index in [0.717, 1.165) is 4.31 Å². The van der Waals surface area contributed by atoms with Gasteiger partial charge in [0, 0.05) is 11.8 Å². The number of amides is 2. The molecule has 0 fully saturated rings. The van der Waals surface area contributed by atoms with Gasteiger partial charge in [-0.25, -0.2) is 18.2 Å². The second-order valence-corrected chi connectivity index (χ2v) is 10.9. The Hall–Kier alpha value is -5.43. The van der Waals surface area contributed by atoms with Gasteiger partial charge in [-0.1, -0.05) is 18.2 Å². The fraction of sp³-hybridized carbons (Fsp3) is 0.129. The Morgan fingerprint density at radius 3 is 2.20 bits per heavy atom. The van der Waals surface area contributed by atoms with E-state index >= 15 is 0 Å². The molecule has 0 spiro atoms. The van der Waals surface area contributed by atoms with E-state index in [0.29, 0.717) is 22.7 Å². The lowest BCUT2D eigenvalue weighted by atomic mass is 10.2. The van der Waals surface area contributed by atoms with Crippen molar-refractivity contribution in [2.24, 2.45) is 5.10 Å². The molecule has 0 unspecified atom stereocenters. The zero-order valence-electron chi connectivity index (χ0n) is 23.8. The van der Waals surface area contributed by atoms with E-state index in [1.165, 1.54) is 62.9 Å². The molecule has 11 nitrogen and oxygen atoms in total. The van der Waals surface area contributed by atoms with E-state index in [2.05, 4.69) is 15.8 Å². The normalized spacial score (nSPS) is 11.1. The third-order valence-corrected chi connectivity index (χ3v) is 7.83. The van der Waals surface area contributed by atoms with Gasteiger partial charge in [0.25, 0.3) is 21.8 Å². The van der Waals surface area contributed by atoms with E-state index in [4.69, 9.17) is 14.2 Å². The molecule has 0 saturated heterocycles. The largest absolute Gasteiger partial charge is 0.497 e. The number of ether oxygens (including phenoxy) is 3. The highest BCUT2D eigenvalue weighted by Gasteiger charge is 2.29. The number of nitrogens with one attached hydrogen (secondary N) is 2. The van der Waals surface area contributed by atoms with Crippen LogP contribution in [0.2, 0.25) is 0 Å². The predicted octanol–water partition coefficient (Wildman–Crippen LogP) is 4.21. The number of carbonyl (C=O) groups is 2. The maximum atomic E-state index is 13.6. The van der Waals surface area contributed by atoms with Gasteiger partial charge < -0.3 is 19.5 Å². The van der Waals surface area contributed by atoms with Crippen LogP contribution >= 0.6 is 0 Å². The quantitative estimate of drug-likeness (QED) is 0.169. The number of anilines is 2. The Bertz CT molecular complexity index is 1720. The summed E-state index contributed by atoms with van der Waals surface area (Å²) >= 11 is 0. The van der Waals surface area contributed by atoms with Crippen molar-refractivity contribution in [1.82, 2.24) is 5.43 Å². The molecule has 2 amide bonds. The zero-order valence-corrected chi connectivity index (χ0v) is 24.6. The maximum Gasteiger partial charge on any atom is 0.264 e. The summed E-state index contributed by atoms with van der Waals surface area (Å²) in [6.07, 6.45) is 1.37. The third kappa shape index (κ3) is 8.32. The van der Waals surface area contributed by atoms with Crippen LogP contribution in [0.3, 0.4) is 0 Å². The van der Waals surface area contributed by atoms with Gasteiger partial charge in [-0.2, -0.15) is 5.10 Å². The summed E-state index contributed by atoms with van der Waals surface area (Å²) in [5, 5.41) is 6.54. The molecule has 0 bridgehead atoms. The monoisotopic (exact) mass is 620 g/mol. The SMILES string of the molecule is COc1ccc(OC)c(N(CC(=O)N/N=C\c2ccc(OCC(=O)Nc3ccc(F)cc3)cc2)S(=O)(=O)c2ccccc2)c1. The summed E-state index contributed by atoms with van der Waals surface area (Å²) in [6.45, 7) is -0.869. The standard InChI is InChI=1S/C31H29FN4O7S/c1-41-26-16-17-29(42-2)28(18-26)36(44(39,40)27-6-4-3-5-7-27)20-30(37)35-33-19-22-8-14-25(15-9-22)43-21-31(38)34-24-12-10-23(32)11-13-24/h3-19H,20-21H2,1-2H3,(H,34,38)(H,35,37)/b33-19-. The lowest BCUT2D eigenvalue weighted by molar-refractivity contribution is -0.119. The van der Waals surface area contributed by atoms with Gasteiger partial charge in [0.05, 0.1) is 31.0 Å². The molecule has 0 saturated carbocycles. The highest BCUT2D eigenvalue weighted by molar-refractivity contribution is 7.92. The average Bonchev–Trinajstić information content (AvgIpc) is 3.04. The lowest BCUT2D eigenvalue weighted by Gasteiger charge is -2.25. The summed E-state index contributed by atoms with van der Waals surface area (Å²) in [5.41, 5.74) is 3.49. The molecule has 228 valence electrons. The Morgan fingerprint density at radius 2 is 1.55 bits per heavy atom. The molecule has 13 heteroatoms. The Labute approximate surface area is 253 Å². The third-order valence-electron chi connectivity index (χ3n) is 6.05. The molecule has 44 heavy (non-hydrogen) atoms. The van der Waals surface area contributed by atoms with Gasteiger partial charge in [-0.3, -0.25) is 13.9 Å². The summed E-state index contributed by atoms with van der Waals surface area (Å²) in [6, 6.07) is 24.2. The van der Waals surface area contributed by atoms with Gasteiger partial charge in [0.2, 0.25) is 0 Å². The Balaban J connectivity index is 1.40. The zero-order chi connectivity index (χ0) is 31.5. The number of hydrogen-bond acceptors (Lipinski definition) is 8. The molecule has 0 radical (unpaired) electrons. The van der Waals surface area contributed by atoms with Crippen molar-refractivity contribution in [2.45, 2.75) is 4.90 Å². The average molecular weight is 621 g/mol. The molecular weight excluding hydrogens is 591 g/mol. The van der Waals surface area contributed by atoms with Crippen LogP contribution in [-0.2, 0) is 19.6 Å². The first-order chi connectivity index (χ1) is 21.2. The Kier molecular flexibility index (Phi) is 10.5. The van der Waals surface area contributed by atoms with Crippen molar-refractivity contribution in [2.75, 3.05) is 37.0 Å². The molecule has 4 aromatic rings. The van der Waals surface area contributed by atoms with Crippen LogP contribution in [0.1, 0.15) is 5.56 Å². The molecule has 0 aliphatic rings. The van der Waals surface area contributed by atoms with Crippen LogP contribution in [-0.4, -0.2) is 53.8 Å². The van der Waals surface area contributed by atoms with Crippen molar-refractivity contribution in [3.8, 4) is 17.2 Å². The van der Waals surface area contributed by atoms with Crippen LogP contribution in [0.15, 0.2) is 107 Å². The van der Waals surface area contributed by atoms with E-state index in [1.807, 2.05) is 0 Å². The minimum Gasteiger partial charge on any atom is -0.497 e. The minimum atomic E-state index is -4.19. The fourth-order valence-corrected chi connectivity index (χ4v) is 5.33. The highest BCUT2D eigenvalue weighted by atomic mass is 32.2. The molecule has 4 aromatic carbocycles.